The van der Waals surface area contributed by atoms with E-state index in [2.05, 4.69) is 20.3 Å². The van der Waals surface area contributed by atoms with Crippen molar-refractivity contribution in [2.24, 2.45) is 0 Å². The molecule has 164 valence electrons. The molecule has 0 radical (unpaired) electrons. The first-order valence-electron chi connectivity index (χ1n) is 9.16. The van der Waals surface area contributed by atoms with E-state index in [1.807, 2.05) is 4.72 Å². The highest BCUT2D eigenvalue weighted by atomic mass is 32.2. The SMILES string of the molecule is Nc1ncnc2c1ncn2[C@@H]1O[C@H](COS(=O)(=O)NC(=O)[C@@H]2CCCN2)[C@@H](O)[C@H]1O. The molecule has 0 unspecified atom stereocenters. The number of nitrogen functional groups attached to an aromatic ring is 1. The molecule has 6 N–H and O–H groups in total. The number of carbonyl (C=O) groups is 1. The van der Waals surface area contributed by atoms with E-state index in [4.69, 9.17) is 14.7 Å². The molecule has 0 aliphatic carbocycles. The molecule has 30 heavy (non-hydrogen) atoms. The lowest BCUT2D eigenvalue weighted by atomic mass is 10.1. The Bertz CT molecular complexity index is 1040. The number of ether oxygens (including phenoxy) is 1. The maximum Gasteiger partial charge on any atom is 0.362 e. The molecule has 1 amide bonds. The summed E-state index contributed by atoms with van der Waals surface area (Å²) in [7, 11) is -4.43. The zero-order valence-electron chi connectivity index (χ0n) is 15.6. The second kappa shape index (κ2) is 8.01. The van der Waals surface area contributed by atoms with Crippen molar-refractivity contribution in [2.45, 2.75) is 43.4 Å². The van der Waals surface area contributed by atoms with E-state index in [0.717, 1.165) is 6.42 Å². The number of aliphatic hydroxyl groups excluding tert-OH is 2. The Morgan fingerprint density at radius 1 is 1.37 bits per heavy atom. The Kier molecular flexibility index (Phi) is 5.56. The number of aliphatic hydroxyl groups is 2. The first kappa shape index (κ1) is 20.8. The van der Waals surface area contributed by atoms with Gasteiger partial charge in [0.25, 0.3) is 5.91 Å². The number of carbonyl (C=O) groups excluding carboxylic acids is 1. The normalized spacial score (nSPS) is 29.5. The largest absolute Gasteiger partial charge is 0.387 e. The lowest BCUT2D eigenvalue weighted by Gasteiger charge is -2.16. The summed E-state index contributed by atoms with van der Waals surface area (Å²) in [6.45, 7) is -0.000929. The van der Waals surface area contributed by atoms with Crippen LogP contribution in [-0.2, 0) is 24.0 Å². The molecule has 2 aromatic rings. The lowest BCUT2D eigenvalue weighted by Crippen LogP contribution is -2.44. The Balaban J connectivity index is 1.42. The molecule has 15 heteroatoms. The molecule has 0 saturated carbocycles. The quantitative estimate of drug-likeness (QED) is 0.306. The number of hydrogen-bond acceptors (Lipinski definition) is 12. The number of aromatic nitrogens is 4. The van der Waals surface area contributed by atoms with E-state index in [9.17, 15) is 23.4 Å². The molecule has 5 atom stereocenters. The zero-order valence-corrected chi connectivity index (χ0v) is 16.4. The van der Waals surface area contributed by atoms with E-state index in [1.54, 1.807) is 0 Å². The number of imidazole rings is 1. The molecular formula is C15H21N7O7S. The summed E-state index contributed by atoms with van der Waals surface area (Å²) >= 11 is 0. The lowest BCUT2D eigenvalue weighted by molar-refractivity contribution is -0.121. The Labute approximate surface area is 170 Å². The first-order valence-corrected chi connectivity index (χ1v) is 10.6. The van der Waals surface area contributed by atoms with Crippen LogP contribution in [-0.4, -0.2) is 81.6 Å². The molecule has 2 aliphatic heterocycles. The smallest absolute Gasteiger partial charge is 0.362 e. The maximum atomic E-state index is 12.0. The Morgan fingerprint density at radius 3 is 2.90 bits per heavy atom. The number of anilines is 1. The van der Waals surface area contributed by atoms with Crippen LogP contribution in [0.3, 0.4) is 0 Å². The van der Waals surface area contributed by atoms with E-state index in [-0.39, 0.29) is 17.0 Å². The molecule has 14 nitrogen and oxygen atoms in total. The number of amides is 1. The van der Waals surface area contributed by atoms with E-state index in [0.29, 0.717) is 13.0 Å². The summed E-state index contributed by atoms with van der Waals surface area (Å²) in [6.07, 6.45) is -1.40. The van der Waals surface area contributed by atoms with Crippen LogP contribution in [0.2, 0.25) is 0 Å². The minimum atomic E-state index is -4.43. The van der Waals surface area contributed by atoms with Gasteiger partial charge in [0.15, 0.2) is 17.7 Å². The molecular weight excluding hydrogens is 422 g/mol. The molecule has 2 saturated heterocycles. The highest BCUT2D eigenvalue weighted by molar-refractivity contribution is 7.85. The van der Waals surface area contributed by atoms with Gasteiger partial charge in [0, 0.05) is 0 Å². The van der Waals surface area contributed by atoms with Gasteiger partial charge in [0.1, 0.15) is 30.2 Å². The van der Waals surface area contributed by atoms with Gasteiger partial charge in [-0.25, -0.2) is 19.7 Å². The van der Waals surface area contributed by atoms with Crippen LogP contribution in [0, 0.1) is 0 Å². The third-order valence-electron chi connectivity index (χ3n) is 4.99. The molecule has 4 rings (SSSR count). The number of hydrogen-bond donors (Lipinski definition) is 5. The van der Waals surface area contributed by atoms with Crippen molar-refractivity contribution in [3.8, 4) is 0 Å². The van der Waals surface area contributed by atoms with Crippen molar-refractivity contribution in [3.63, 3.8) is 0 Å². The summed E-state index contributed by atoms with van der Waals surface area (Å²) < 4.78 is 37.6. The highest BCUT2D eigenvalue weighted by Crippen LogP contribution is 2.32. The molecule has 0 aromatic carbocycles. The third-order valence-corrected chi connectivity index (χ3v) is 5.89. The van der Waals surface area contributed by atoms with Gasteiger partial charge < -0.3 is 26.0 Å². The van der Waals surface area contributed by atoms with E-state index >= 15 is 0 Å². The monoisotopic (exact) mass is 443 g/mol. The fourth-order valence-electron chi connectivity index (χ4n) is 3.44. The van der Waals surface area contributed by atoms with Gasteiger partial charge in [-0.3, -0.25) is 13.5 Å². The fraction of sp³-hybridized carbons (Fsp3) is 0.600. The Hall–Kier alpha value is -2.43. The van der Waals surface area contributed by atoms with Crippen LogP contribution in [0.4, 0.5) is 5.82 Å². The minimum absolute atomic E-state index is 0.130. The van der Waals surface area contributed by atoms with Crippen LogP contribution in [0.5, 0.6) is 0 Å². The second-order valence-corrected chi connectivity index (χ2v) is 8.33. The van der Waals surface area contributed by atoms with Crippen molar-refractivity contribution in [2.75, 3.05) is 18.9 Å². The minimum Gasteiger partial charge on any atom is -0.387 e. The van der Waals surface area contributed by atoms with Crippen molar-refractivity contribution in [1.82, 2.24) is 29.6 Å². The summed E-state index contributed by atoms with van der Waals surface area (Å²) in [5.74, 6) is -0.592. The molecule has 4 heterocycles. The number of nitrogens with one attached hydrogen (secondary N) is 2. The number of nitrogens with zero attached hydrogens (tertiary/aromatic N) is 4. The van der Waals surface area contributed by atoms with Crippen molar-refractivity contribution >= 4 is 33.2 Å². The van der Waals surface area contributed by atoms with Gasteiger partial charge in [-0.15, -0.1) is 0 Å². The van der Waals surface area contributed by atoms with Crippen molar-refractivity contribution in [1.29, 1.82) is 0 Å². The molecule has 2 aromatic heterocycles. The molecule has 2 fully saturated rings. The van der Waals surface area contributed by atoms with Gasteiger partial charge in [-0.1, -0.05) is 0 Å². The number of nitrogens with two attached hydrogens (primary N) is 1. The van der Waals surface area contributed by atoms with Crippen LogP contribution in [0.1, 0.15) is 19.1 Å². The number of fused-ring (bicyclic) bond motifs is 1. The van der Waals surface area contributed by atoms with Crippen molar-refractivity contribution < 1.29 is 32.3 Å². The van der Waals surface area contributed by atoms with Crippen LogP contribution in [0.25, 0.3) is 11.2 Å². The average molecular weight is 443 g/mol. The van der Waals surface area contributed by atoms with Crippen LogP contribution < -0.4 is 15.8 Å². The van der Waals surface area contributed by atoms with Gasteiger partial charge in [-0.2, -0.15) is 8.42 Å². The van der Waals surface area contributed by atoms with Gasteiger partial charge in [0.2, 0.25) is 0 Å². The Morgan fingerprint density at radius 2 is 2.17 bits per heavy atom. The summed E-state index contributed by atoms with van der Waals surface area (Å²) in [5.41, 5.74) is 6.29. The fourth-order valence-corrected chi connectivity index (χ4v) is 4.20. The highest BCUT2D eigenvalue weighted by Gasteiger charge is 2.45. The predicted molar refractivity (Wildman–Crippen MR) is 99.7 cm³/mol. The summed E-state index contributed by atoms with van der Waals surface area (Å²) in [6, 6.07) is -0.605. The zero-order chi connectivity index (χ0) is 21.5. The third kappa shape index (κ3) is 3.94. The summed E-state index contributed by atoms with van der Waals surface area (Å²) in [5, 5.41) is 23.5. The van der Waals surface area contributed by atoms with E-state index < -0.39 is 53.4 Å². The maximum absolute atomic E-state index is 12.0. The summed E-state index contributed by atoms with van der Waals surface area (Å²) in [4.78, 5) is 23.9. The number of rotatable bonds is 6. The standard InChI is InChI=1S/C15H21N7O7S/c16-12-9-13(19-5-18-12)22(6-20-9)15-11(24)10(23)8(29-15)4-28-30(26,27)21-14(25)7-2-1-3-17-7/h5-8,10-11,15,17,23-24H,1-4H2,(H,21,25)(H2,16,18,19)/t7-,8+,10+,11+,15+/m0/s1. The second-order valence-electron chi connectivity index (χ2n) is 6.98. The average Bonchev–Trinajstić information content (AvgIpc) is 3.42. The van der Waals surface area contributed by atoms with Crippen molar-refractivity contribution in [3.05, 3.63) is 12.7 Å². The molecule has 0 bridgehead atoms. The molecule has 0 spiro atoms. The van der Waals surface area contributed by atoms with E-state index in [1.165, 1.54) is 17.2 Å². The first-order chi connectivity index (χ1) is 14.3. The van der Waals surface area contributed by atoms with Gasteiger partial charge in [0.05, 0.1) is 19.0 Å². The van der Waals surface area contributed by atoms with Crippen LogP contribution in [0.15, 0.2) is 12.7 Å². The topological polar surface area (TPSA) is 204 Å². The van der Waals surface area contributed by atoms with Crippen LogP contribution >= 0.6 is 0 Å². The predicted octanol–water partition coefficient (Wildman–Crippen LogP) is -2.84. The van der Waals surface area contributed by atoms with Gasteiger partial charge >= 0.3 is 10.3 Å². The molecule has 2 aliphatic rings. The van der Waals surface area contributed by atoms with Gasteiger partial charge in [-0.05, 0) is 19.4 Å².